The summed E-state index contributed by atoms with van der Waals surface area (Å²) in [5.41, 5.74) is 2.70. The fourth-order valence-electron chi connectivity index (χ4n) is 2.47. The summed E-state index contributed by atoms with van der Waals surface area (Å²) >= 11 is 1.98. The van der Waals surface area contributed by atoms with Crippen molar-refractivity contribution >= 4 is 11.3 Å². The van der Waals surface area contributed by atoms with Gasteiger partial charge >= 0.3 is 0 Å². The van der Waals surface area contributed by atoms with Gasteiger partial charge in [0, 0.05) is 28.5 Å². The molecule has 0 bridgehead atoms. The number of thiophene rings is 1. The molecule has 2 aromatic heterocycles. The average Bonchev–Trinajstić information content (AvgIpc) is 2.97. The van der Waals surface area contributed by atoms with Crippen molar-refractivity contribution < 1.29 is 0 Å². The van der Waals surface area contributed by atoms with Gasteiger partial charge in [0.1, 0.15) is 0 Å². The van der Waals surface area contributed by atoms with Crippen molar-refractivity contribution in [3.05, 3.63) is 51.5 Å². The fourth-order valence-corrected chi connectivity index (χ4v) is 3.68. The van der Waals surface area contributed by atoms with Gasteiger partial charge in [-0.25, -0.2) is 0 Å². The van der Waals surface area contributed by atoms with Crippen LogP contribution in [0.3, 0.4) is 0 Å². The lowest BCUT2D eigenvalue weighted by Gasteiger charge is -2.12. The molecule has 1 N–H and O–H groups in total. The van der Waals surface area contributed by atoms with E-state index in [1.807, 2.05) is 29.7 Å². The number of rotatable bonds is 4. The van der Waals surface area contributed by atoms with E-state index < -0.39 is 0 Å². The largest absolute Gasteiger partial charge is 0.304 e. The molecule has 2 nitrogen and oxygen atoms in total. The molecule has 0 aliphatic heterocycles. The molecule has 3 rings (SSSR count). The molecule has 1 atom stereocenters. The molecular formula is C15H18N2S. The van der Waals surface area contributed by atoms with Gasteiger partial charge in [-0.1, -0.05) is 6.07 Å². The van der Waals surface area contributed by atoms with Crippen LogP contribution in [-0.2, 0) is 19.4 Å². The summed E-state index contributed by atoms with van der Waals surface area (Å²) in [6.07, 6.45) is 5.77. The Morgan fingerprint density at radius 1 is 1.39 bits per heavy atom. The highest BCUT2D eigenvalue weighted by atomic mass is 32.1. The molecule has 0 fully saturated rings. The molecule has 0 aromatic carbocycles. The van der Waals surface area contributed by atoms with Gasteiger partial charge in [-0.2, -0.15) is 0 Å². The molecule has 1 aliphatic rings. The van der Waals surface area contributed by atoms with Crippen molar-refractivity contribution in [2.24, 2.45) is 0 Å². The third-order valence-corrected chi connectivity index (χ3v) is 4.75. The Morgan fingerprint density at radius 2 is 2.33 bits per heavy atom. The van der Waals surface area contributed by atoms with E-state index in [1.54, 1.807) is 10.4 Å². The van der Waals surface area contributed by atoms with E-state index in [9.17, 15) is 0 Å². The summed E-state index contributed by atoms with van der Waals surface area (Å²) in [6.45, 7) is 3.12. The van der Waals surface area contributed by atoms with Crippen LogP contribution in [0.4, 0.5) is 0 Å². The standard InChI is InChI=1S/C15H18N2S/c1-11(14-6-2-3-8-16-14)17-10-13-9-12-5-4-7-15(12)18-13/h2-3,6,8-9,11,17H,4-5,7,10H2,1H3. The van der Waals surface area contributed by atoms with Gasteiger partial charge in [0.15, 0.2) is 0 Å². The molecule has 3 heteroatoms. The Kier molecular flexibility index (Phi) is 3.43. The Hall–Kier alpha value is -1.19. The smallest absolute Gasteiger partial charge is 0.0570 e. The minimum absolute atomic E-state index is 0.308. The van der Waals surface area contributed by atoms with Crippen molar-refractivity contribution in [3.8, 4) is 0 Å². The molecule has 1 aliphatic carbocycles. The lowest BCUT2D eigenvalue weighted by Crippen LogP contribution is -2.18. The molecule has 0 saturated carbocycles. The second-order valence-electron chi connectivity index (χ2n) is 4.87. The van der Waals surface area contributed by atoms with Gasteiger partial charge < -0.3 is 5.32 Å². The zero-order valence-corrected chi connectivity index (χ0v) is 11.5. The molecule has 94 valence electrons. The van der Waals surface area contributed by atoms with Crippen LogP contribution in [0.1, 0.15) is 40.4 Å². The first-order valence-electron chi connectivity index (χ1n) is 6.57. The van der Waals surface area contributed by atoms with Crippen LogP contribution in [0.5, 0.6) is 0 Å². The van der Waals surface area contributed by atoms with E-state index in [-0.39, 0.29) is 0 Å². The second kappa shape index (κ2) is 5.21. The zero-order chi connectivity index (χ0) is 12.4. The van der Waals surface area contributed by atoms with Gasteiger partial charge in [0.25, 0.3) is 0 Å². The van der Waals surface area contributed by atoms with E-state index >= 15 is 0 Å². The highest BCUT2D eigenvalue weighted by Crippen LogP contribution is 2.30. The van der Waals surface area contributed by atoms with Crippen LogP contribution < -0.4 is 5.32 Å². The molecule has 0 saturated heterocycles. The van der Waals surface area contributed by atoms with Crippen molar-refractivity contribution in [1.29, 1.82) is 0 Å². The highest BCUT2D eigenvalue weighted by molar-refractivity contribution is 7.12. The van der Waals surface area contributed by atoms with Crippen LogP contribution in [0.2, 0.25) is 0 Å². The molecule has 0 radical (unpaired) electrons. The Bertz CT molecular complexity index is 497. The van der Waals surface area contributed by atoms with Crippen LogP contribution in [0.15, 0.2) is 30.5 Å². The molecule has 2 heterocycles. The van der Waals surface area contributed by atoms with Crippen LogP contribution in [-0.4, -0.2) is 4.98 Å². The van der Waals surface area contributed by atoms with E-state index in [2.05, 4.69) is 29.4 Å². The molecule has 2 aromatic rings. The number of hydrogen-bond acceptors (Lipinski definition) is 3. The first-order valence-corrected chi connectivity index (χ1v) is 7.39. The third kappa shape index (κ3) is 2.47. The van der Waals surface area contributed by atoms with Gasteiger partial charge in [-0.3, -0.25) is 4.98 Å². The second-order valence-corrected chi connectivity index (χ2v) is 6.09. The monoisotopic (exact) mass is 258 g/mol. The normalized spacial score (nSPS) is 15.6. The molecule has 18 heavy (non-hydrogen) atoms. The van der Waals surface area contributed by atoms with E-state index in [0.717, 1.165) is 12.2 Å². The van der Waals surface area contributed by atoms with Crippen molar-refractivity contribution in [1.82, 2.24) is 10.3 Å². The van der Waals surface area contributed by atoms with E-state index in [1.165, 1.54) is 24.1 Å². The molecular weight excluding hydrogens is 240 g/mol. The maximum Gasteiger partial charge on any atom is 0.0570 e. The minimum Gasteiger partial charge on any atom is -0.304 e. The van der Waals surface area contributed by atoms with Gasteiger partial charge in [0.05, 0.1) is 5.69 Å². The number of aromatic nitrogens is 1. The summed E-state index contributed by atoms with van der Waals surface area (Å²) in [6, 6.07) is 8.76. The maximum atomic E-state index is 4.38. The average molecular weight is 258 g/mol. The van der Waals surface area contributed by atoms with Gasteiger partial charge in [-0.15, -0.1) is 11.3 Å². The fraction of sp³-hybridized carbons (Fsp3) is 0.400. The zero-order valence-electron chi connectivity index (χ0n) is 10.6. The third-order valence-electron chi connectivity index (χ3n) is 3.51. The highest BCUT2D eigenvalue weighted by Gasteiger charge is 2.15. The Labute approximate surface area is 112 Å². The summed E-state index contributed by atoms with van der Waals surface area (Å²) in [7, 11) is 0. The van der Waals surface area contributed by atoms with Crippen molar-refractivity contribution in [3.63, 3.8) is 0 Å². The number of nitrogens with one attached hydrogen (secondary N) is 1. The number of hydrogen-bond donors (Lipinski definition) is 1. The topological polar surface area (TPSA) is 24.9 Å². The Balaban J connectivity index is 1.60. The van der Waals surface area contributed by atoms with Crippen molar-refractivity contribution in [2.45, 2.75) is 38.8 Å². The van der Waals surface area contributed by atoms with E-state index in [0.29, 0.717) is 6.04 Å². The summed E-state index contributed by atoms with van der Waals surface area (Å²) in [5, 5.41) is 3.55. The van der Waals surface area contributed by atoms with Crippen LogP contribution >= 0.6 is 11.3 Å². The molecule has 1 unspecified atom stereocenters. The molecule has 0 amide bonds. The predicted octanol–water partition coefficient (Wildman–Crippen LogP) is 3.48. The quantitative estimate of drug-likeness (QED) is 0.908. The number of pyridine rings is 1. The SMILES string of the molecule is CC(NCc1cc2c(s1)CCC2)c1ccccn1. The van der Waals surface area contributed by atoms with E-state index in [4.69, 9.17) is 0 Å². The molecule has 0 spiro atoms. The van der Waals surface area contributed by atoms with Crippen LogP contribution in [0, 0.1) is 0 Å². The number of fused-ring (bicyclic) bond motifs is 1. The minimum atomic E-state index is 0.308. The predicted molar refractivity (Wildman–Crippen MR) is 75.8 cm³/mol. The lowest BCUT2D eigenvalue weighted by atomic mass is 10.2. The summed E-state index contributed by atoms with van der Waals surface area (Å²) in [5.74, 6) is 0. The summed E-state index contributed by atoms with van der Waals surface area (Å²) < 4.78 is 0. The van der Waals surface area contributed by atoms with Crippen molar-refractivity contribution in [2.75, 3.05) is 0 Å². The number of nitrogens with zero attached hydrogens (tertiary/aromatic N) is 1. The maximum absolute atomic E-state index is 4.38. The lowest BCUT2D eigenvalue weighted by molar-refractivity contribution is 0.565. The first kappa shape index (κ1) is 11.9. The Morgan fingerprint density at radius 3 is 3.11 bits per heavy atom. The van der Waals surface area contributed by atoms with Gasteiger partial charge in [0.2, 0.25) is 0 Å². The first-order chi connectivity index (χ1) is 8.83. The number of aryl methyl sites for hydroxylation is 2. The van der Waals surface area contributed by atoms with Crippen LogP contribution in [0.25, 0.3) is 0 Å². The van der Waals surface area contributed by atoms with Gasteiger partial charge in [-0.05, 0) is 49.9 Å². The summed E-state index contributed by atoms with van der Waals surface area (Å²) in [4.78, 5) is 7.45.